The van der Waals surface area contributed by atoms with Crippen LogP contribution in [-0.2, 0) is 6.54 Å². The summed E-state index contributed by atoms with van der Waals surface area (Å²) in [5.41, 5.74) is 1.83. The van der Waals surface area contributed by atoms with E-state index in [1.54, 1.807) is 24.5 Å². The summed E-state index contributed by atoms with van der Waals surface area (Å²) in [5.74, 6) is 0.565. The fraction of sp³-hybridized carbons (Fsp3) is 0.231. The molecule has 6 heteroatoms. The summed E-state index contributed by atoms with van der Waals surface area (Å²) in [7, 11) is 0. The van der Waals surface area contributed by atoms with Crippen molar-refractivity contribution < 1.29 is 4.92 Å². The van der Waals surface area contributed by atoms with E-state index in [0.717, 1.165) is 24.2 Å². The predicted octanol–water partition coefficient (Wildman–Crippen LogP) is 2.16. The maximum Gasteiger partial charge on any atom is 0.269 e. The smallest absolute Gasteiger partial charge is 0.269 e. The molecule has 0 atom stereocenters. The first-order valence-corrected chi connectivity index (χ1v) is 5.97. The standard InChI is InChI=1S/C13H14N4O2/c1-2-14-7-10-8-15-13(16-9-10)11-3-5-12(6-4-11)17(18)19/h3-6,8-9,14H,2,7H2,1H3. The van der Waals surface area contributed by atoms with Crippen molar-refractivity contribution in [1.82, 2.24) is 15.3 Å². The fourth-order valence-corrected chi connectivity index (χ4v) is 1.60. The van der Waals surface area contributed by atoms with Crippen LogP contribution in [0, 0.1) is 10.1 Å². The Balaban J connectivity index is 2.15. The minimum Gasteiger partial charge on any atom is -0.313 e. The Hall–Kier alpha value is -2.34. The molecule has 19 heavy (non-hydrogen) atoms. The molecule has 6 nitrogen and oxygen atoms in total. The molecule has 1 aromatic carbocycles. The molecule has 0 saturated heterocycles. The molecule has 0 bridgehead atoms. The quantitative estimate of drug-likeness (QED) is 0.656. The van der Waals surface area contributed by atoms with E-state index >= 15 is 0 Å². The van der Waals surface area contributed by atoms with Crippen molar-refractivity contribution in [3.63, 3.8) is 0 Å². The van der Waals surface area contributed by atoms with Crippen molar-refractivity contribution >= 4 is 5.69 Å². The molecule has 0 radical (unpaired) electrons. The molecule has 0 aliphatic heterocycles. The Morgan fingerprint density at radius 1 is 1.21 bits per heavy atom. The lowest BCUT2D eigenvalue weighted by Gasteiger charge is -2.03. The van der Waals surface area contributed by atoms with Crippen LogP contribution >= 0.6 is 0 Å². The van der Waals surface area contributed by atoms with Gasteiger partial charge in [0.15, 0.2) is 5.82 Å². The maximum atomic E-state index is 10.6. The fourth-order valence-electron chi connectivity index (χ4n) is 1.60. The van der Waals surface area contributed by atoms with Gasteiger partial charge >= 0.3 is 0 Å². The monoisotopic (exact) mass is 258 g/mol. The van der Waals surface area contributed by atoms with Crippen LogP contribution in [0.25, 0.3) is 11.4 Å². The summed E-state index contributed by atoms with van der Waals surface area (Å²) in [4.78, 5) is 18.6. The lowest BCUT2D eigenvalue weighted by atomic mass is 10.2. The van der Waals surface area contributed by atoms with Gasteiger partial charge in [-0.15, -0.1) is 0 Å². The van der Waals surface area contributed by atoms with Gasteiger partial charge in [-0.1, -0.05) is 6.92 Å². The van der Waals surface area contributed by atoms with Crippen LogP contribution in [0.2, 0.25) is 0 Å². The van der Waals surface area contributed by atoms with E-state index in [2.05, 4.69) is 15.3 Å². The number of aromatic nitrogens is 2. The molecule has 0 saturated carbocycles. The number of hydrogen-bond donors (Lipinski definition) is 1. The van der Waals surface area contributed by atoms with Crippen molar-refractivity contribution in [1.29, 1.82) is 0 Å². The maximum absolute atomic E-state index is 10.6. The predicted molar refractivity (Wildman–Crippen MR) is 71.5 cm³/mol. The number of non-ortho nitro benzene ring substituents is 1. The van der Waals surface area contributed by atoms with Crippen molar-refractivity contribution in [2.75, 3.05) is 6.54 Å². The molecule has 0 aliphatic carbocycles. The van der Waals surface area contributed by atoms with Gasteiger partial charge in [0.2, 0.25) is 0 Å². The second-order valence-electron chi connectivity index (χ2n) is 4.00. The lowest BCUT2D eigenvalue weighted by Crippen LogP contribution is -2.12. The molecule has 0 fully saturated rings. The molecule has 0 spiro atoms. The lowest BCUT2D eigenvalue weighted by molar-refractivity contribution is -0.384. The topological polar surface area (TPSA) is 81.0 Å². The third kappa shape index (κ3) is 3.32. The zero-order chi connectivity index (χ0) is 13.7. The van der Waals surface area contributed by atoms with E-state index in [9.17, 15) is 10.1 Å². The van der Waals surface area contributed by atoms with E-state index in [1.165, 1.54) is 12.1 Å². The molecule has 0 unspecified atom stereocenters. The van der Waals surface area contributed by atoms with Crippen LogP contribution in [0.1, 0.15) is 12.5 Å². The van der Waals surface area contributed by atoms with Crippen LogP contribution in [0.3, 0.4) is 0 Å². The van der Waals surface area contributed by atoms with Gasteiger partial charge in [0.05, 0.1) is 4.92 Å². The SMILES string of the molecule is CCNCc1cnc(-c2ccc([N+](=O)[O-])cc2)nc1. The first-order valence-electron chi connectivity index (χ1n) is 5.97. The summed E-state index contributed by atoms with van der Waals surface area (Å²) < 4.78 is 0. The number of benzene rings is 1. The number of nitro benzene ring substituents is 1. The average Bonchev–Trinajstić information content (AvgIpc) is 2.46. The summed E-state index contributed by atoms with van der Waals surface area (Å²) in [6, 6.07) is 6.20. The van der Waals surface area contributed by atoms with Gasteiger partial charge in [0, 0.05) is 42.2 Å². The highest BCUT2D eigenvalue weighted by Crippen LogP contribution is 2.18. The molecule has 1 N–H and O–H groups in total. The molecule has 1 aromatic heterocycles. The zero-order valence-electron chi connectivity index (χ0n) is 10.5. The highest BCUT2D eigenvalue weighted by atomic mass is 16.6. The van der Waals surface area contributed by atoms with Gasteiger partial charge in [-0.3, -0.25) is 10.1 Å². The zero-order valence-corrected chi connectivity index (χ0v) is 10.5. The Bertz CT molecular complexity index is 552. The molecule has 2 rings (SSSR count). The number of nitro groups is 1. The number of nitrogens with one attached hydrogen (secondary N) is 1. The van der Waals surface area contributed by atoms with E-state index in [0.29, 0.717) is 5.82 Å². The average molecular weight is 258 g/mol. The third-order valence-electron chi connectivity index (χ3n) is 2.62. The van der Waals surface area contributed by atoms with Crippen molar-refractivity contribution in [2.24, 2.45) is 0 Å². The first-order chi connectivity index (χ1) is 9.20. The van der Waals surface area contributed by atoms with Crippen molar-refractivity contribution in [3.05, 3.63) is 52.3 Å². The summed E-state index contributed by atoms with van der Waals surface area (Å²) in [6.07, 6.45) is 3.51. The largest absolute Gasteiger partial charge is 0.313 e. The Morgan fingerprint density at radius 3 is 2.37 bits per heavy atom. The summed E-state index contributed by atoms with van der Waals surface area (Å²) >= 11 is 0. The van der Waals surface area contributed by atoms with Crippen LogP contribution in [0.4, 0.5) is 5.69 Å². The van der Waals surface area contributed by atoms with E-state index in [4.69, 9.17) is 0 Å². The minimum atomic E-state index is -0.426. The summed E-state index contributed by atoms with van der Waals surface area (Å²) in [6.45, 7) is 3.66. The third-order valence-corrected chi connectivity index (χ3v) is 2.62. The molecule has 0 aliphatic rings. The Morgan fingerprint density at radius 2 is 1.84 bits per heavy atom. The van der Waals surface area contributed by atoms with Crippen LogP contribution < -0.4 is 5.32 Å². The van der Waals surface area contributed by atoms with Gasteiger partial charge in [-0.05, 0) is 18.7 Å². The van der Waals surface area contributed by atoms with E-state index < -0.39 is 4.92 Å². The number of rotatable bonds is 5. The summed E-state index contributed by atoms with van der Waals surface area (Å²) in [5, 5.41) is 13.7. The highest BCUT2D eigenvalue weighted by molar-refractivity contribution is 5.56. The van der Waals surface area contributed by atoms with E-state index in [-0.39, 0.29) is 5.69 Å². The minimum absolute atomic E-state index is 0.0625. The van der Waals surface area contributed by atoms with Crippen molar-refractivity contribution in [2.45, 2.75) is 13.5 Å². The van der Waals surface area contributed by atoms with Gasteiger partial charge in [0.25, 0.3) is 5.69 Å². The molecular weight excluding hydrogens is 244 g/mol. The number of hydrogen-bond acceptors (Lipinski definition) is 5. The van der Waals surface area contributed by atoms with Gasteiger partial charge in [0.1, 0.15) is 0 Å². The van der Waals surface area contributed by atoms with Crippen molar-refractivity contribution in [3.8, 4) is 11.4 Å². The molecule has 0 amide bonds. The van der Waals surface area contributed by atoms with Gasteiger partial charge in [-0.25, -0.2) is 9.97 Å². The van der Waals surface area contributed by atoms with Crippen LogP contribution in [0.15, 0.2) is 36.7 Å². The molecular formula is C13H14N4O2. The highest BCUT2D eigenvalue weighted by Gasteiger charge is 2.06. The second kappa shape index (κ2) is 6.01. The molecule has 1 heterocycles. The van der Waals surface area contributed by atoms with Crippen LogP contribution in [-0.4, -0.2) is 21.4 Å². The molecule has 98 valence electrons. The Labute approximate surface area is 110 Å². The Kier molecular flexibility index (Phi) is 4.15. The normalized spacial score (nSPS) is 10.4. The molecule has 2 aromatic rings. The number of nitrogens with zero attached hydrogens (tertiary/aromatic N) is 3. The van der Waals surface area contributed by atoms with Crippen LogP contribution in [0.5, 0.6) is 0 Å². The first kappa shape index (κ1) is 13.1. The van der Waals surface area contributed by atoms with Gasteiger partial charge < -0.3 is 5.32 Å². The van der Waals surface area contributed by atoms with E-state index in [1.807, 2.05) is 6.92 Å². The second-order valence-corrected chi connectivity index (χ2v) is 4.00. The van der Waals surface area contributed by atoms with Gasteiger partial charge in [-0.2, -0.15) is 0 Å².